The largest absolute Gasteiger partial charge is 0.352 e. The molecule has 1 saturated carbocycles. The first-order valence-electron chi connectivity index (χ1n) is 13.4. The van der Waals surface area contributed by atoms with Crippen LogP contribution in [-0.2, 0) is 26.2 Å². The fourth-order valence-corrected chi connectivity index (χ4v) is 7.31. The van der Waals surface area contributed by atoms with E-state index in [9.17, 15) is 18.0 Å². The zero-order chi connectivity index (χ0) is 30.6. The molecule has 0 radical (unpaired) electrons. The number of benzene rings is 3. The highest BCUT2D eigenvalue weighted by Crippen LogP contribution is 2.31. The molecule has 0 saturated heterocycles. The monoisotopic (exact) mass is 669 g/mol. The Morgan fingerprint density at radius 3 is 2.07 bits per heavy atom. The molecule has 42 heavy (non-hydrogen) atoms. The zero-order valence-electron chi connectivity index (χ0n) is 23.1. The van der Waals surface area contributed by atoms with Crippen molar-refractivity contribution in [2.45, 2.75) is 63.1 Å². The number of aryl methyl sites for hydroxylation is 1. The third-order valence-corrected chi connectivity index (χ3v) is 10.2. The van der Waals surface area contributed by atoms with Crippen molar-refractivity contribution in [3.63, 3.8) is 0 Å². The SMILES string of the molecule is Cc1ccc(S(=O)(=O)N(CC(=O)N(Cc2c(Cl)cccc2Cl)[C@H](C)C(=O)NC2CCCC2)c2cc(Cl)cc(Cl)c2)cc1. The fraction of sp³-hybridized carbons (Fsp3) is 0.333. The van der Waals surface area contributed by atoms with E-state index in [-0.39, 0.29) is 39.1 Å². The molecule has 224 valence electrons. The summed E-state index contributed by atoms with van der Waals surface area (Å²) in [5.74, 6) is -0.996. The van der Waals surface area contributed by atoms with Crippen molar-refractivity contribution in [2.75, 3.05) is 10.8 Å². The minimum Gasteiger partial charge on any atom is -0.352 e. The molecule has 1 aliphatic rings. The van der Waals surface area contributed by atoms with E-state index in [1.54, 1.807) is 37.3 Å². The number of nitrogens with zero attached hydrogens (tertiary/aromatic N) is 2. The van der Waals surface area contributed by atoms with Crippen LogP contribution in [0.2, 0.25) is 20.1 Å². The summed E-state index contributed by atoms with van der Waals surface area (Å²) >= 11 is 25.4. The first-order valence-corrected chi connectivity index (χ1v) is 16.4. The summed E-state index contributed by atoms with van der Waals surface area (Å²) in [6.07, 6.45) is 3.76. The summed E-state index contributed by atoms with van der Waals surface area (Å²) < 4.78 is 28.9. The van der Waals surface area contributed by atoms with Crippen molar-refractivity contribution in [2.24, 2.45) is 0 Å². The number of hydrogen-bond donors (Lipinski definition) is 1. The second kappa shape index (κ2) is 13.9. The minimum absolute atomic E-state index is 0.0211. The maximum Gasteiger partial charge on any atom is 0.264 e. The molecule has 3 aromatic carbocycles. The Balaban J connectivity index is 1.74. The number of carbonyl (C=O) groups is 2. The molecule has 0 aromatic heterocycles. The smallest absolute Gasteiger partial charge is 0.264 e. The van der Waals surface area contributed by atoms with E-state index in [1.807, 2.05) is 6.92 Å². The Morgan fingerprint density at radius 2 is 1.50 bits per heavy atom. The van der Waals surface area contributed by atoms with Crippen LogP contribution >= 0.6 is 46.4 Å². The molecule has 0 unspecified atom stereocenters. The number of hydrogen-bond acceptors (Lipinski definition) is 4. The summed E-state index contributed by atoms with van der Waals surface area (Å²) in [6, 6.07) is 14.6. The summed E-state index contributed by atoms with van der Waals surface area (Å²) in [6.45, 7) is 2.67. The van der Waals surface area contributed by atoms with Gasteiger partial charge in [0, 0.05) is 38.2 Å². The van der Waals surface area contributed by atoms with Crippen molar-refractivity contribution in [1.82, 2.24) is 10.2 Å². The molecule has 12 heteroatoms. The molecule has 0 heterocycles. The Kier molecular flexibility index (Phi) is 10.7. The van der Waals surface area contributed by atoms with Crippen molar-refractivity contribution in [3.8, 4) is 0 Å². The van der Waals surface area contributed by atoms with Gasteiger partial charge in [-0.15, -0.1) is 0 Å². The molecule has 3 aromatic rings. The van der Waals surface area contributed by atoms with Crippen LogP contribution in [0.25, 0.3) is 0 Å². The van der Waals surface area contributed by atoms with Gasteiger partial charge in [0.2, 0.25) is 11.8 Å². The van der Waals surface area contributed by atoms with Gasteiger partial charge in [-0.3, -0.25) is 13.9 Å². The van der Waals surface area contributed by atoms with Gasteiger partial charge in [0.1, 0.15) is 12.6 Å². The van der Waals surface area contributed by atoms with Crippen LogP contribution in [0.1, 0.15) is 43.7 Å². The molecule has 2 amide bonds. The van der Waals surface area contributed by atoms with Gasteiger partial charge in [-0.05, 0) is 69.2 Å². The van der Waals surface area contributed by atoms with E-state index in [4.69, 9.17) is 46.4 Å². The van der Waals surface area contributed by atoms with E-state index in [2.05, 4.69) is 5.32 Å². The lowest BCUT2D eigenvalue weighted by atomic mass is 10.1. The summed E-state index contributed by atoms with van der Waals surface area (Å²) in [5, 5.41) is 4.04. The van der Waals surface area contributed by atoms with Crippen LogP contribution in [-0.4, -0.2) is 43.8 Å². The van der Waals surface area contributed by atoms with Crippen molar-refractivity contribution < 1.29 is 18.0 Å². The number of amides is 2. The van der Waals surface area contributed by atoms with Gasteiger partial charge in [-0.1, -0.05) is 83.0 Å². The van der Waals surface area contributed by atoms with Gasteiger partial charge in [0.05, 0.1) is 10.6 Å². The molecular weight excluding hydrogens is 640 g/mol. The Bertz CT molecular complexity index is 1520. The number of rotatable bonds is 10. The predicted molar refractivity (Wildman–Crippen MR) is 169 cm³/mol. The van der Waals surface area contributed by atoms with E-state index in [0.29, 0.717) is 15.6 Å². The summed E-state index contributed by atoms with van der Waals surface area (Å²) in [4.78, 5) is 28.8. The molecule has 0 aliphatic heterocycles. The lowest BCUT2D eigenvalue weighted by molar-refractivity contribution is -0.139. The lowest BCUT2D eigenvalue weighted by Gasteiger charge is -2.33. The fourth-order valence-electron chi connectivity index (χ4n) is 4.88. The maximum absolute atomic E-state index is 14.1. The van der Waals surface area contributed by atoms with Crippen LogP contribution < -0.4 is 9.62 Å². The Labute approximate surface area is 266 Å². The quantitative estimate of drug-likeness (QED) is 0.246. The molecule has 0 bridgehead atoms. The highest BCUT2D eigenvalue weighted by atomic mass is 35.5. The summed E-state index contributed by atoms with van der Waals surface area (Å²) in [7, 11) is -4.27. The standard InChI is InChI=1S/C30H31Cl4N3O4S/c1-19-10-12-25(13-11-19)42(40,41)37(24-15-21(31)14-22(32)16-24)18-29(38)36(17-26-27(33)8-5-9-28(26)34)20(2)30(39)35-23-6-3-4-7-23/h5,8-16,20,23H,3-4,6-7,17-18H2,1-2H3,(H,35,39)/t20-/m1/s1. The van der Waals surface area contributed by atoms with Crippen LogP contribution in [0, 0.1) is 6.92 Å². The molecule has 0 spiro atoms. The van der Waals surface area contributed by atoms with Gasteiger partial charge in [0.25, 0.3) is 10.0 Å². The van der Waals surface area contributed by atoms with E-state index >= 15 is 0 Å². The third kappa shape index (κ3) is 7.71. The number of carbonyl (C=O) groups excluding carboxylic acids is 2. The second-order valence-corrected chi connectivity index (χ2v) is 13.9. The van der Waals surface area contributed by atoms with Gasteiger partial charge in [0.15, 0.2) is 0 Å². The van der Waals surface area contributed by atoms with Gasteiger partial charge in [-0.25, -0.2) is 8.42 Å². The van der Waals surface area contributed by atoms with E-state index < -0.39 is 28.5 Å². The first-order chi connectivity index (χ1) is 19.9. The zero-order valence-corrected chi connectivity index (χ0v) is 27.0. The van der Waals surface area contributed by atoms with Crippen molar-refractivity contribution >= 4 is 73.9 Å². The lowest BCUT2D eigenvalue weighted by Crippen LogP contribution is -2.52. The molecule has 1 N–H and O–H groups in total. The molecule has 7 nitrogen and oxygen atoms in total. The molecular formula is C30H31Cl4N3O4S. The van der Waals surface area contributed by atoms with E-state index in [0.717, 1.165) is 35.6 Å². The highest BCUT2D eigenvalue weighted by molar-refractivity contribution is 7.92. The normalized spacial score (nSPS) is 14.4. The molecule has 1 fully saturated rings. The van der Waals surface area contributed by atoms with Crippen LogP contribution in [0.4, 0.5) is 5.69 Å². The van der Waals surface area contributed by atoms with Crippen LogP contribution in [0.3, 0.4) is 0 Å². The average molecular weight is 671 g/mol. The summed E-state index contributed by atoms with van der Waals surface area (Å²) in [5.41, 5.74) is 1.40. The van der Waals surface area contributed by atoms with Crippen molar-refractivity contribution in [3.05, 3.63) is 91.9 Å². The van der Waals surface area contributed by atoms with E-state index in [1.165, 1.54) is 35.2 Å². The van der Waals surface area contributed by atoms with Crippen molar-refractivity contribution in [1.29, 1.82) is 0 Å². The van der Waals surface area contributed by atoms with Crippen LogP contribution in [0.15, 0.2) is 65.6 Å². The first kappa shape index (κ1) is 32.4. The molecule has 1 aliphatic carbocycles. The topological polar surface area (TPSA) is 86.8 Å². The number of halogens is 4. The van der Waals surface area contributed by atoms with Gasteiger partial charge >= 0.3 is 0 Å². The van der Waals surface area contributed by atoms with Gasteiger partial charge in [-0.2, -0.15) is 0 Å². The van der Waals surface area contributed by atoms with Gasteiger partial charge < -0.3 is 10.2 Å². The Hall–Kier alpha value is -2.49. The molecule has 4 rings (SSSR count). The minimum atomic E-state index is -4.27. The average Bonchev–Trinajstić information content (AvgIpc) is 3.43. The number of nitrogens with one attached hydrogen (secondary N) is 1. The second-order valence-electron chi connectivity index (χ2n) is 10.3. The predicted octanol–water partition coefficient (Wildman–Crippen LogP) is 7.28. The number of sulfonamides is 1. The van der Waals surface area contributed by atoms with Crippen LogP contribution in [0.5, 0.6) is 0 Å². The Morgan fingerprint density at radius 1 is 0.929 bits per heavy atom. The number of anilines is 1. The highest BCUT2D eigenvalue weighted by Gasteiger charge is 2.34. The maximum atomic E-state index is 14.1. The molecule has 1 atom stereocenters. The third-order valence-electron chi connectivity index (χ3n) is 7.28.